The quantitative estimate of drug-likeness (QED) is 0.798. The van der Waals surface area contributed by atoms with Crippen LogP contribution in [0, 0.1) is 0 Å². The van der Waals surface area contributed by atoms with Crippen molar-refractivity contribution in [1.29, 1.82) is 0 Å². The summed E-state index contributed by atoms with van der Waals surface area (Å²) in [5, 5.41) is 3.07. The number of hydrogen-bond acceptors (Lipinski definition) is 4. The van der Waals surface area contributed by atoms with Crippen molar-refractivity contribution in [2.45, 2.75) is 6.42 Å². The standard InChI is InChI=1S/C12H13NO2S/c1-14-10-3-2-4-11(9-10)15-7-5-12-13-6-8-16-12/h2-4,6,8-9H,5,7H2,1H3. The Labute approximate surface area is 98.7 Å². The molecule has 0 atom stereocenters. The Balaban J connectivity index is 1.85. The molecule has 16 heavy (non-hydrogen) atoms. The average Bonchev–Trinajstić information content (AvgIpc) is 2.82. The maximum Gasteiger partial charge on any atom is 0.123 e. The molecule has 4 heteroatoms. The molecule has 1 aromatic heterocycles. The van der Waals surface area contributed by atoms with Gasteiger partial charge in [0.25, 0.3) is 0 Å². The summed E-state index contributed by atoms with van der Waals surface area (Å²) in [6.45, 7) is 0.640. The minimum absolute atomic E-state index is 0.640. The number of ether oxygens (including phenoxy) is 2. The smallest absolute Gasteiger partial charge is 0.123 e. The molecule has 0 unspecified atom stereocenters. The van der Waals surface area contributed by atoms with Gasteiger partial charge in [0.05, 0.1) is 18.7 Å². The largest absolute Gasteiger partial charge is 0.497 e. The topological polar surface area (TPSA) is 31.4 Å². The van der Waals surface area contributed by atoms with E-state index >= 15 is 0 Å². The monoisotopic (exact) mass is 235 g/mol. The van der Waals surface area contributed by atoms with E-state index in [9.17, 15) is 0 Å². The normalized spacial score (nSPS) is 10.1. The van der Waals surface area contributed by atoms with Gasteiger partial charge in [-0.15, -0.1) is 11.3 Å². The zero-order valence-electron chi connectivity index (χ0n) is 9.05. The highest BCUT2D eigenvalue weighted by Gasteiger charge is 1.98. The van der Waals surface area contributed by atoms with E-state index in [1.807, 2.05) is 35.8 Å². The summed E-state index contributed by atoms with van der Waals surface area (Å²) in [5.74, 6) is 1.64. The Morgan fingerprint density at radius 1 is 1.31 bits per heavy atom. The van der Waals surface area contributed by atoms with Crippen LogP contribution in [0.15, 0.2) is 35.8 Å². The third-order valence-corrected chi connectivity index (χ3v) is 2.95. The molecule has 3 nitrogen and oxygen atoms in total. The number of nitrogens with zero attached hydrogens (tertiary/aromatic N) is 1. The average molecular weight is 235 g/mol. The third kappa shape index (κ3) is 2.97. The van der Waals surface area contributed by atoms with Gasteiger partial charge in [-0.05, 0) is 12.1 Å². The first-order chi connectivity index (χ1) is 7.88. The lowest BCUT2D eigenvalue weighted by molar-refractivity contribution is 0.319. The van der Waals surface area contributed by atoms with E-state index in [-0.39, 0.29) is 0 Å². The van der Waals surface area contributed by atoms with Crippen molar-refractivity contribution in [3.05, 3.63) is 40.8 Å². The molecular formula is C12H13NO2S. The van der Waals surface area contributed by atoms with Gasteiger partial charge in [0.2, 0.25) is 0 Å². The second-order valence-corrected chi connectivity index (χ2v) is 4.18. The molecule has 0 saturated heterocycles. The van der Waals surface area contributed by atoms with Crippen LogP contribution in [0.4, 0.5) is 0 Å². The SMILES string of the molecule is COc1cccc(OCCc2nccs2)c1. The fourth-order valence-electron chi connectivity index (χ4n) is 1.32. The molecular weight excluding hydrogens is 222 g/mol. The first kappa shape index (κ1) is 11.0. The van der Waals surface area contributed by atoms with Crippen LogP contribution in [0.25, 0.3) is 0 Å². The highest BCUT2D eigenvalue weighted by atomic mass is 32.1. The molecule has 0 aliphatic rings. The van der Waals surface area contributed by atoms with Crippen LogP contribution in [0.2, 0.25) is 0 Å². The first-order valence-electron chi connectivity index (χ1n) is 5.04. The molecule has 0 amide bonds. The molecule has 0 aliphatic carbocycles. The molecule has 1 aromatic carbocycles. The van der Waals surface area contributed by atoms with Crippen LogP contribution in [-0.2, 0) is 6.42 Å². The van der Waals surface area contributed by atoms with Crippen LogP contribution in [-0.4, -0.2) is 18.7 Å². The Bertz CT molecular complexity index is 428. The van der Waals surface area contributed by atoms with E-state index < -0.39 is 0 Å². The van der Waals surface area contributed by atoms with Gasteiger partial charge in [-0.3, -0.25) is 0 Å². The zero-order chi connectivity index (χ0) is 11.2. The predicted molar refractivity (Wildman–Crippen MR) is 64.3 cm³/mol. The fourth-order valence-corrected chi connectivity index (χ4v) is 1.93. The maximum atomic E-state index is 5.61. The minimum atomic E-state index is 0.640. The van der Waals surface area contributed by atoms with Crippen LogP contribution in [0.1, 0.15) is 5.01 Å². The third-order valence-electron chi connectivity index (χ3n) is 2.11. The van der Waals surface area contributed by atoms with E-state index in [4.69, 9.17) is 9.47 Å². The lowest BCUT2D eigenvalue weighted by Gasteiger charge is -2.06. The Morgan fingerprint density at radius 3 is 2.94 bits per heavy atom. The van der Waals surface area contributed by atoms with Crippen molar-refractivity contribution in [2.24, 2.45) is 0 Å². The second-order valence-electron chi connectivity index (χ2n) is 3.20. The summed E-state index contributed by atoms with van der Waals surface area (Å²) in [5.41, 5.74) is 0. The highest BCUT2D eigenvalue weighted by Crippen LogP contribution is 2.19. The number of methoxy groups -OCH3 is 1. The maximum absolute atomic E-state index is 5.61. The molecule has 0 saturated carbocycles. The summed E-state index contributed by atoms with van der Waals surface area (Å²) >= 11 is 1.65. The van der Waals surface area contributed by atoms with Crippen molar-refractivity contribution < 1.29 is 9.47 Å². The fraction of sp³-hybridized carbons (Fsp3) is 0.250. The van der Waals surface area contributed by atoms with Crippen molar-refractivity contribution in [3.63, 3.8) is 0 Å². The van der Waals surface area contributed by atoms with Gasteiger partial charge < -0.3 is 9.47 Å². The van der Waals surface area contributed by atoms with Gasteiger partial charge in [-0.2, -0.15) is 0 Å². The predicted octanol–water partition coefficient (Wildman–Crippen LogP) is 2.77. The second kappa shape index (κ2) is 5.51. The number of thiazole rings is 1. The molecule has 0 bridgehead atoms. The Kier molecular flexibility index (Phi) is 3.77. The molecule has 2 aromatic rings. The van der Waals surface area contributed by atoms with E-state index in [1.165, 1.54) is 0 Å². The van der Waals surface area contributed by atoms with Gasteiger partial charge in [0, 0.05) is 24.1 Å². The van der Waals surface area contributed by atoms with Crippen LogP contribution < -0.4 is 9.47 Å². The molecule has 2 rings (SSSR count). The summed E-state index contributed by atoms with van der Waals surface area (Å²) in [4.78, 5) is 4.19. The van der Waals surface area contributed by atoms with Crippen LogP contribution in [0.5, 0.6) is 11.5 Å². The van der Waals surface area contributed by atoms with E-state index in [0.29, 0.717) is 6.61 Å². The molecule has 84 valence electrons. The number of rotatable bonds is 5. The number of aromatic nitrogens is 1. The zero-order valence-corrected chi connectivity index (χ0v) is 9.87. The van der Waals surface area contributed by atoms with Gasteiger partial charge in [0.1, 0.15) is 11.5 Å². The highest BCUT2D eigenvalue weighted by molar-refractivity contribution is 7.09. The molecule has 0 spiro atoms. The minimum Gasteiger partial charge on any atom is -0.497 e. The van der Waals surface area contributed by atoms with Gasteiger partial charge in [-0.25, -0.2) is 4.98 Å². The van der Waals surface area contributed by atoms with Crippen molar-refractivity contribution in [3.8, 4) is 11.5 Å². The lowest BCUT2D eigenvalue weighted by atomic mass is 10.3. The van der Waals surface area contributed by atoms with Crippen LogP contribution >= 0.6 is 11.3 Å². The van der Waals surface area contributed by atoms with Crippen molar-refractivity contribution >= 4 is 11.3 Å². The number of hydrogen-bond donors (Lipinski definition) is 0. The van der Waals surface area contributed by atoms with Gasteiger partial charge in [-0.1, -0.05) is 6.07 Å². The van der Waals surface area contributed by atoms with Gasteiger partial charge >= 0.3 is 0 Å². The first-order valence-corrected chi connectivity index (χ1v) is 5.91. The summed E-state index contributed by atoms with van der Waals surface area (Å²) < 4.78 is 10.7. The molecule has 0 radical (unpaired) electrons. The van der Waals surface area contributed by atoms with E-state index in [2.05, 4.69) is 4.98 Å². The lowest BCUT2D eigenvalue weighted by Crippen LogP contribution is -2.00. The van der Waals surface area contributed by atoms with Crippen LogP contribution in [0.3, 0.4) is 0 Å². The van der Waals surface area contributed by atoms with Crippen molar-refractivity contribution in [1.82, 2.24) is 4.98 Å². The van der Waals surface area contributed by atoms with Gasteiger partial charge in [0.15, 0.2) is 0 Å². The van der Waals surface area contributed by atoms with Crippen molar-refractivity contribution in [2.75, 3.05) is 13.7 Å². The Morgan fingerprint density at radius 2 is 2.19 bits per heavy atom. The summed E-state index contributed by atoms with van der Waals surface area (Å²) in [6, 6.07) is 7.61. The Hall–Kier alpha value is -1.55. The molecule has 0 aliphatic heterocycles. The molecule has 0 fully saturated rings. The van der Waals surface area contributed by atoms with E-state index in [0.717, 1.165) is 22.9 Å². The molecule has 1 heterocycles. The summed E-state index contributed by atoms with van der Waals surface area (Å²) in [7, 11) is 1.65. The van der Waals surface area contributed by atoms with E-state index in [1.54, 1.807) is 18.4 Å². The summed E-state index contributed by atoms with van der Waals surface area (Å²) in [6.07, 6.45) is 2.65. The number of benzene rings is 1. The molecule has 0 N–H and O–H groups in total.